The quantitative estimate of drug-likeness (QED) is 0.708. The second kappa shape index (κ2) is 7.87. The van der Waals surface area contributed by atoms with Gasteiger partial charge in [0, 0.05) is 38.5 Å². The Morgan fingerprint density at radius 2 is 1.77 bits per heavy atom. The van der Waals surface area contributed by atoms with E-state index in [2.05, 4.69) is 5.32 Å². The van der Waals surface area contributed by atoms with E-state index in [1.165, 1.54) is 12.1 Å². The summed E-state index contributed by atoms with van der Waals surface area (Å²) >= 11 is 5.42. The van der Waals surface area contributed by atoms with E-state index in [1.54, 1.807) is 12.1 Å². The number of carbonyl (C=O) groups excluding carboxylic acids is 1. The second-order valence-corrected chi connectivity index (χ2v) is 8.26. The zero-order valence-electron chi connectivity index (χ0n) is 14.3. The van der Waals surface area contributed by atoms with Gasteiger partial charge in [-0.3, -0.25) is 4.79 Å². The van der Waals surface area contributed by atoms with Crippen molar-refractivity contribution < 1.29 is 17.9 Å². The molecular formula is C16H22N4O4S2. The molecular weight excluding hydrogens is 376 g/mol. The van der Waals surface area contributed by atoms with E-state index < -0.39 is 10.0 Å². The number of carbonyl (C=O) groups is 1. The Morgan fingerprint density at radius 1 is 1.15 bits per heavy atom. The largest absolute Gasteiger partial charge is 0.368 e. The van der Waals surface area contributed by atoms with Gasteiger partial charge in [0.25, 0.3) is 5.91 Å². The topological polar surface area (TPSA) is 105 Å². The highest BCUT2D eigenvalue weighted by Crippen LogP contribution is 2.17. The predicted molar refractivity (Wildman–Crippen MR) is 101 cm³/mol. The van der Waals surface area contributed by atoms with Crippen LogP contribution in [-0.2, 0) is 19.6 Å². The molecule has 2 fully saturated rings. The van der Waals surface area contributed by atoms with Crippen molar-refractivity contribution in [2.24, 2.45) is 5.14 Å². The Bertz CT molecular complexity index is 768. The molecule has 26 heavy (non-hydrogen) atoms. The predicted octanol–water partition coefficient (Wildman–Crippen LogP) is 0.354. The van der Waals surface area contributed by atoms with Gasteiger partial charge in [-0.25, -0.2) is 13.6 Å². The van der Waals surface area contributed by atoms with E-state index in [-0.39, 0.29) is 16.9 Å². The molecule has 3 N–H and O–H groups in total. The fraction of sp³-hybridized carbons (Fsp3) is 0.500. The number of amides is 1. The fourth-order valence-corrected chi connectivity index (χ4v) is 3.85. The first-order valence-electron chi connectivity index (χ1n) is 8.44. The molecule has 1 atom stereocenters. The Morgan fingerprint density at radius 3 is 2.31 bits per heavy atom. The number of anilines is 1. The number of benzene rings is 1. The molecule has 10 heteroatoms. The van der Waals surface area contributed by atoms with Crippen molar-refractivity contribution in [2.45, 2.75) is 23.8 Å². The fourth-order valence-electron chi connectivity index (χ4n) is 3.04. The number of piperazine rings is 1. The standard InChI is InChI=1S/C16H22N4O4S2/c17-26(22,23)13-5-3-12(4-6-13)18-16(25)20-9-7-19(8-10-20)15(21)14-2-1-11-24-14/h3-6,14H,1-2,7-11H2,(H,18,25)(H2,17,22,23)/t14-/m1/s1. The lowest BCUT2D eigenvalue weighted by Gasteiger charge is -2.37. The minimum atomic E-state index is -3.71. The van der Waals surface area contributed by atoms with Crippen LogP contribution in [0.3, 0.4) is 0 Å². The van der Waals surface area contributed by atoms with E-state index in [0.29, 0.717) is 43.6 Å². The smallest absolute Gasteiger partial charge is 0.251 e. The monoisotopic (exact) mass is 398 g/mol. The van der Waals surface area contributed by atoms with Crippen LogP contribution in [-0.4, -0.2) is 68.1 Å². The van der Waals surface area contributed by atoms with E-state index in [4.69, 9.17) is 22.1 Å². The first kappa shape index (κ1) is 19.0. The lowest BCUT2D eigenvalue weighted by Crippen LogP contribution is -2.53. The van der Waals surface area contributed by atoms with Gasteiger partial charge in [0.1, 0.15) is 6.10 Å². The van der Waals surface area contributed by atoms with Crippen LogP contribution in [0.2, 0.25) is 0 Å². The van der Waals surface area contributed by atoms with Crippen LogP contribution in [0.25, 0.3) is 0 Å². The van der Waals surface area contributed by atoms with Crippen LogP contribution < -0.4 is 10.5 Å². The summed E-state index contributed by atoms with van der Waals surface area (Å²) in [4.78, 5) is 16.2. The van der Waals surface area contributed by atoms with Crippen molar-refractivity contribution in [3.8, 4) is 0 Å². The van der Waals surface area contributed by atoms with Crippen LogP contribution >= 0.6 is 12.2 Å². The number of nitrogens with two attached hydrogens (primary N) is 1. The number of nitrogens with one attached hydrogen (secondary N) is 1. The highest BCUT2D eigenvalue weighted by molar-refractivity contribution is 7.89. The number of primary sulfonamides is 1. The number of ether oxygens (including phenoxy) is 1. The molecule has 1 amide bonds. The Labute approximate surface area is 158 Å². The molecule has 0 aromatic heterocycles. The van der Waals surface area contributed by atoms with Crippen molar-refractivity contribution in [1.82, 2.24) is 9.80 Å². The molecule has 142 valence electrons. The molecule has 0 spiro atoms. The third-order valence-electron chi connectivity index (χ3n) is 4.52. The van der Waals surface area contributed by atoms with Crippen LogP contribution in [0, 0.1) is 0 Å². The van der Waals surface area contributed by atoms with Gasteiger partial charge in [0.05, 0.1) is 4.90 Å². The van der Waals surface area contributed by atoms with Gasteiger partial charge in [0.15, 0.2) is 5.11 Å². The SMILES string of the molecule is NS(=O)(=O)c1ccc(NC(=S)N2CCN(C(=O)[C@H]3CCCO3)CC2)cc1. The van der Waals surface area contributed by atoms with Crippen molar-refractivity contribution in [3.05, 3.63) is 24.3 Å². The number of hydrogen-bond acceptors (Lipinski definition) is 5. The summed E-state index contributed by atoms with van der Waals surface area (Å²) in [6.45, 7) is 3.14. The summed E-state index contributed by atoms with van der Waals surface area (Å²) in [5.74, 6) is 0.0691. The van der Waals surface area contributed by atoms with Gasteiger partial charge in [-0.2, -0.15) is 0 Å². The maximum Gasteiger partial charge on any atom is 0.251 e. The molecule has 1 aromatic rings. The van der Waals surface area contributed by atoms with Gasteiger partial charge in [-0.05, 0) is 49.3 Å². The zero-order chi connectivity index (χ0) is 18.7. The summed E-state index contributed by atoms with van der Waals surface area (Å²) in [6, 6.07) is 6.09. The van der Waals surface area contributed by atoms with Crippen LogP contribution in [0.4, 0.5) is 5.69 Å². The minimum absolute atomic E-state index is 0.0511. The van der Waals surface area contributed by atoms with E-state index in [1.807, 2.05) is 9.80 Å². The van der Waals surface area contributed by atoms with Gasteiger partial charge >= 0.3 is 0 Å². The molecule has 0 bridgehead atoms. The highest BCUT2D eigenvalue weighted by atomic mass is 32.2. The molecule has 1 aromatic carbocycles. The number of hydrogen-bond donors (Lipinski definition) is 2. The molecule has 0 saturated carbocycles. The molecule has 0 radical (unpaired) electrons. The van der Waals surface area contributed by atoms with Gasteiger partial charge in [-0.15, -0.1) is 0 Å². The number of rotatable bonds is 3. The average Bonchev–Trinajstić information content (AvgIpc) is 3.15. The lowest BCUT2D eigenvalue weighted by atomic mass is 10.2. The first-order chi connectivity index (χ1) is 12.3. The average molecular weight is 399 g/mol. The third-order valence-corrected chi connectivity index (χ3v) is 5.81. The normalized spacial score (nSPS) is 20.9. The number of thiocarbonyl (C=S) groups is 1. The Kier molecular flexibility index (Phi) is 5.76. The van der Waals surface area contributed by atoms with Crippen LogP contribution in [0.1, 0.15) is 12.8 Å². The zero-order valence-corrected chi connectivity index (χ0v) is 15.9. The molecule has 2 saturated heterocycles. The summed E-state index contributed by atoms with van der Waals surface area (Å²) in [7, 11) is -3.71. The molecule has 8 nitrogen and oxygen atoms in total. The summed E-state index contributed by atoms with van der Waals surface area (Å²) < 4.78 is 28.0. The summed E-state index contributed by atoms with van der Waals surface area (Å²) in [5.41, 5.74) is 0.681. The van der Waals surface area contributed by atoms with E-state index in [0.717, 1.165) is 12.8 Å². The highest BCUT2D eigenvalue weighted by Gasteiger charge is 2.30. The summed E-state index contributed by atoms with van der Waals surface area (Å²) in [6.07, 6.45) is 1.45. The molecule has 0 unspecified atom stereocenters. The Balaban J connectivity index is 1.51. The molecule has 3 rings (SSSR count). The Hall–Kier alpha value is -1.75. The third kappa shape index (κ3) is 4.50. The maximum atomic E-state index is 12.4. The number of nitrogens with zero attached hydrogens (tertiary/aromatic N) is 2. The molecule has 2 heterocycles. The molecule has 2 aliphatic rings. The van der Waals surface area contributed by atoms with Crippen LogP contribution in [0.15, 0.2) is 29.2 Å². The number of sulfonamides is 1. The summed E-state index contributed by atoms with van der Waals surface area (Å²) in [5, 5.41) is 8.71. The molecule has 2 aliphatic heterocycles. The van der Waals surface area contributed by atoms with Gasteiger partial charge in [-0.1, -0.05) is 0 Å². The second-order valence-electron chi connectivity index (χ2n) is 6.31. The van der Waals surface area contributed by atoms with Gasteiger partial charge < -0.3 is 19.9 Å². The molecule has 0 aliphatic carbocycles. The van der Waals surface area contributed by atoms with Crippen molar-refractivity contribution in [1.29, 1.82) is 0 Å². The van der Waals surface area contributed by atoms with E-state index in [9.17, 15) is 13.2 Å². The van der Waals surface area contributed by atoms with Crippen LogP contribution in [0.5, 0.6) is 0 Å². The van der Waals surface area contributed by atoms with Crippen molar-refractivity contribution >= 4 is 38.9 Å². The van der Waals surface area contributed by atoms with Crippen molar-refractivity contribution in [2.75, 3.05) is 38.1 Å². The van der Waals surface area contributed by atoms with Crippen molar-refractivity contribution in [3.63, 3.8) is 0 Å². The lowest BCUT2D eigenvalue weighted by molar-refractivity contribution is -0.142. The minimum Gasteiger partial charge on any atom is -0.368 e. The maximum absolute atomic E-state index is 12.4. The van der Waals surface area contributed by atoms with Gasteiger partial charge in [0.2, 0.25) is 10.0 Å². The first-order valence-corrected chi connectivity index (χ1v) is 10.4. The van der Waals surface area contributed by atoms with E-state index >= 15 is 0 Å².